The lowest BCUT2D eigenvalue weighted by Gasteiger charge is -2.34. The Hall–Kier alpha value is -4.79. The number of sulfonamides is 1. The van der Waals surface area contributed by atoms with Gasteiger partial charge in [-0.3, -0.25) is 19.3 Å². The first-order valence-electron chi connectivity index (χ1n) is 12.7. The number of hydrogen-bond donors (Lipinski definition) is 1. The van der Waals surface area contributed by atoms with E-state index in [1.165, 1.54) is 47.4 Å². The van der Waals surface area contributed by atoms with Crippen LogP contribution in [0.4, 0.5) is 23.2 Å². The van der Waals surface area contributed by atoms with Crippen LogP contribution in [0.1, 0.15) is 26.4 Å². The Morgan fingerprint density at radius 2 is 1.60 bits per heavy atom. The monoisotopic (exact) mass is 617 g/mol. The zero-order chi connectivity index (χ0) is 30.9. The molecule has 0 atom stereocenters. The fourth-order valence-electron chi connectivity index (χ4n) is 4.60. The smallest absolute Gasteiger partial charge is 0.417 e. The van der Waals surface area contributed by atoms with E-state index in [2.05, 4.69) is 14.7 Å². The van der Waals surface area contributed by atoms with E-state index in [9.17, 15) is 35.6 Å². The van der Waals surface area contributed by atoms with Gasteiger partial charge in [0.1, 0.15) is 10.6 Å². The summed E-state index contributed by atoms with van der Waals surface area (Å²) in [6.45, 7) is 0.0802. The summed E-state index contributed by atoms with van der Waals surface area (Å²) in [6.07, 6.45) is -2.92. The van der Waals surface area contributed by atoms with Gasteiger partial charge in [0.25, 0.3) is 21.8 Å². The molecule has 3 heterocycles. The van der Waals surface area contributed by atoms with Crippen molar-refractivity contribution in [3.8, 4) is 5.75 Å². The number of carbonyl (C=O) groups is 2. The van der Waals surface area contributed by atoms with Crippen molar-refractivity contribution in [3.63, 3.8) is 0 Å². The number of fused-ring (bicyclic) bond motifs is 1. The summed E-state index contributed by atoms with van der Waals surface area (Å²) in [5, 5.41) is 0.640. The summed E-state index contributed by atoms with van der Waals surface area (Å²) in [4.78, 5) is 36.1. The third-order valence-corrected chi connectivity index (χ3v) is 8.20. The molecule has 1 saturated heterocycles. The molecular weight excluding hydrogens is 594 g/mol. The van der Waals surface area contributed by atoms with E-state index in [1.54, 1.807) is 24.3 Å². The molecule has 0 bridgehead atoms. The van der Waals surface area contributed by atoms with Crippen LogP contribution in [0.25, 0.3) is 10.9 Å². The standard InChI is InChI=1S/C28H23F4N5O5S/c1-42-22-14-18(7-8-21(22)35-43(40,41)23-6-2-4-17-5-3-9-33-24(17)23)26(38)36-10-12-37(13-11-36)27(39)25-20(29)15-19(16-34-25)28(30,31)32/h2-9,14-16,35H,10-13H2,1H3. The Labute approximate surface area is 243 Å². The quantitative estimate of drug-likeness (QED) is 0.322. The van der Waals surface area contributed by atoms with Crippen molar-refractivity contribution in [1.29, 1.82) is 0 Å². The van der Waals surface area contributed by atoms with Crippen molar-refractivity contribution < 1.29 is 40.3 Å². The molecule has 43 heavy (non-hydrogen) atoms. The Balaban J connectivity index is 1.27. The zero-order valence-corrected chi connectivity index (χ0v) is 23.2. The highest BCUT2D eigenvalue weighted by molar-refractivity contribution is 7.93. The molecule has 0 radical (unpaired) electrons. The zero-order valence-electron chi connectivity index (χ0n) is 22.4. The van der Waals surface area contributed by atoms with Crippen LogP contribution in [-0.4, -0.2) is 73.3 Å². The van der Waals surface area contributed by atoms with Gasteiger partial charge in [0.15, 0.2) is 11.5 Å². The van der Waals surface area contributed by atoms with Crippen LogP contribution >= 0.6 is 0 Å². The lowest BCUT2D eigenvalue weighted by molar-refractivity contribution is -0.138. The van der Waals surface area contributed by atoms with E-state index in [0.29, 0.717) is 11.6 Å². The van der Waals surface area contributed by atoms with Gasteiger partial charge in [0.2, 0.25) is 0 Å². The fraction of sp³-hybridized carbons (Fsp3) is 0.214. The van der Waals surface area contributed by atoms with Crippen LogP contribution in [0.15, 0.2) is 71.9 Å². The van der Waals surface area contributed by atoms with Crippen molar-refractivity contribution in [2.24, 2.45) is 0 Å². The van der Waals surface area contributed by atoms with Crippen LogP contribution < -0.4 is 9.46 Å². The number of ether oxygens (including phenoxy) is 1. The number of anilines is 1. The van der Waals surface area contributed by atoms with E-state index in [0.717, 1.165) is 0 Å². The highest BCUT2D eigenvalue weighted by Crippen LogP contribution is 2.31. The number of para-hydroxylation sites is 1. The SMILES string of the molecule is COc1cc(C(=O)N2CCN(C(=O)c3ncc(C(F)(F)F)cc3F)CC2)ccc1NS(=O)(=O)c1cccc2cccnc12. The summed E-state index contributed by atoms with van der Waals surface area (Å²) in [6, 6.07) is 12.6. The maximum absolute atomic E-state index is 14.3. The van der Waals surface area contributed by atoms with Gasteiger partial charge in [-0.05, 0) is 36.4 Å². The Morgan fingerprint density at radius 3 is 2.26 bits per heavy atom. The number of alkyl halides is 3. The predicted molar refractivity (Wildman–Crippen MR) is 147 cm³/mol. The summed E-state index contributed by atoms with van der Waals surface area (Å²) >= 11 is 0. The van der Waals surface area contributed by atoms with Crippen LogP contribution in [0.3, 0.4) is 0 Å². The molecule has 1 aliphatic rings. The number of piperazine rings is 1. The number of aromatic nitrogens is 2. The number of benzene rings is 2. The van der Waals surface area contributed by atoms with E-state index < -0.39 is 45.1 Å². The summed E-state index contributed by atoms with van der Waals surface area (Å²) < 4.78 is 86.9. The molecule has 2 aromatic heterocycles. The molecule has 2 amide bonds. The molecule has 15 heteroatoms. The number of amides is 2. The molecule has 0 aliphatic carbocycles. The van der Waals surface area contributed by atoms with Gasteiger partial charge in [-0.2, -0.15) is 13.2 Å². The van der Waals surface area contributed by atoms with Crippen molar-refractivity contribution in [3.05, 3.63) is 89.6 Å². The topological polar surface area (TPSA) is 122 Å². The van der Waals surface area contributed by atoms with Gasteiger partial charge in [-0.15, -0.1) is 0 Å². The average Bonchev–Trinajstić information content (AvgIpc) is 2.99. The lowest BCUT2D eigenvalue weighted by atomic mass is 10.1. The number of nitrogens with zero attached hydrogens (tertiary/aromatic N) is 4. The molecule has 1 N–H and O–H groups in total. The Bertz CT molecular complexity index is 1820. The van der Waals surface area contributed by atoms with Gasteiger partial charge in [0.05, 0.1) is 23.9 Å². The van der Waals surface area contributed by atoms with E-state index in [-0.39, 0.29) is 59.7 Å². The first-order valence-corrected chi connectivity index (χ1v) is 14.2. The highest BCUT2D eigenvalue weighted by Gasteiger charge is 2.34. The minimum absolute atomic E-state index is 0.0131. The molecule has 0 saturated carbocycles. The molecule has 4 aromatic rings. The van der Waals surface area contributed by atoms with Gasteiger partial charge in [0, 0.05) is 49.5 Å². The number of nitrogens with one attached hydrogen (secondary N) is 1. The molecule has 0 unspecified atom stereocenters. The van der Waals surface area contributed by atoms with Crippen LogP contribution in [0.5, 0.6) is 5.75 Å². The fourth-order valence-corrected chi connectivity index (χ4v) is 5.85. The number of halogens is 4. The molecular formula is C28H23F4N5O5S. The lowest BCUT2D eigenvalue weighted by Crippen LogP contribution is -2.50. The van der Waals surface area contributed by atoms with Crippen LogP contribution in [0, 0.1) is 5.82 Å². The molecule has 2 aromatic carbocycles. The third kappa shape index (κ3) is 6.07. The molecule has 1 aliphatic heterocycles. The van der Waals surface area contributed by atoms with Gasteiger partial charge < -0.3 is 14.5 Å². The van der Waals surface area contributed by atoms with E-state index in [1.807, 2.05) is 0 Å². The maximum atomic E-state index is 14.3. The molecule has 224 valence electrons. The van der Waals surface area contributed by atoms with Crippen LogP contribution in [0.2, 0.25) is 0 Å². The Morgan fingerprint density at radius 1 is 0.930 bits per heavy atom. The second-order valence-electron chi connectivity index (χ2n) is 9.49. The number of pyridine rings is 2. The van der Waals surface area contributed by atoms with Gasteiger partial charge >= 0.3 is 6.18 Å². The normalized spacial score (nSPS) is 14.1. The highest BCUT2D eigenvalue weighted by atomic mass is 32.2. The number of methoxy groups -OCH3 is 1. The Kier molecular flexibility index (Phi) is 7.92. The van der Waals surface area contributed by atoms with Gasteiger partial charge in [-0.25, -0.2) is 17.8 Å². The number of hydrogen-bond acceptors (Lipinski definition) is 7. The van der Waals surface area contributed by atoms with Crippen LogP contribution in [-0.2, 0) is 16.2 Å². The molecule has 5 rings (SSSR count). The maximum Gasteiger partial charge on any atom is 0.417 e. The average molecular weight is 618 g/mol. The molecule has 10 nitrogen and oxygen atoms in total. The van der Waals surface area contributed by atoms with Gasteiger partial charge in [-0.1, -0.05) is 18.2 Å². The minimum Gasteiger partial charge on any atom is -0.495 e. The van der Waals surface area contributed by atoms with Crippen molar-refractivity contribution in [2.45, 2.75) is 11.1 Å². The first-order chi connectivity index (χ1) is 20.4. The first kappa shape index (κ1) is 29.7. The second-order valence-corrected chi connectivity index (χ2v) is 11.1. The summed E-state index contributed by atoms with van der Waals surface area (Å²) in [5.41, 5.74) is -1.49. The van der Waals surface area contributed by atoms with Crippen molar-refractivity contribution >= 4 is 38.4 Å². The summed E-state index contributed by atoms with van der Waals surface area (Å²) in [7, 11) is -2.77. The van der Waals surface area contributed by atoms with E-state index in [4.69, 9.17) is 4.74 Å². The summed E-state index contributed by atoms with van der Waals surface area (Å²) in [5.74, 6) is -2.63. The largest absolute Gasteiger partial charge is 0.495 e. The van der Waals surface area contributed by atoms with Crippen molar-refractivity contribution in [1.82, 2.24) is 19.8 Å². The number of carbonyl (C=O) groups excluding carboxylic acids is 2. The second kappa shape index (κ2) is 11.5. The van der Waals surface area contributed by atoms with Crippen molar-refractivity contribution in [2.75, 3.05) is 38.0 Å². The third-order valence-electron chi connectivity index (χ3n) is 6.80. The predicted octanol–water partition coefficient (Wildman–Crippen LogP) is 4.20. The minimum atomic E-state index is -4.80. The molecule has 0 spiro atoms. The number of rotatable bonds is 6. The molecule has 1 fully saturated rings. The van der Waals surface area contributed by atoms with E-state index >= 15 is 0 Å².